The van der Waals surface area contributed by atoms with Gasteiger partial charge in [0.25, 0.3) is 0 Å². The first kappa shape index (κ1) is 15.4. The summed E-state index contributed by atoms with van der Waals surface area (Å²) in [7, 11) is 0. The van der Waals surface area contributed by atoms with Crippen LogP contribution in [-0.2, 0) is 16.0 Å². The molecule has 0 bridgehead atoms. The summed E-state index contributed by atoms with van der Waals surface area (Å²) in [5.74, 6) is -0.297. The molecule has 3 rings (SSSR count). The van der Waals surface area contributed by atoms with E-state index >= 15 is 0 Å². The Morgan fingerprint density at radius 1 is 1.39 bits per heavy atom. The molecule has 0 amide bonds. The van der Waals surface area contributed by atoms with E-state index < -0.39 is 0 Å². The number of rotatable bonds is 4. The molecule has 0 aliphatic rings. The molecule has 0 saturated carbocycles. The number of thiazole rings is 1. The standard InChI is InChI=1S/C17H16N2O3S/c1-3-21-15(20)8-12-9-23-17(19-12)13-7-11-5-4-10(2)6-14(11)22-16(13)18/h4-7,9,18H,3,8H2,1-2H3. The Morgan fingerprint density at radius 3 is 3.00 bits per heavy atom. The van der Waals surface area contributed by atoms with Gasteiger partial charge in [-0.2, -0.15) is 0 Å². The fourth-order valence-electron chi connectivity index (χ4n) is 2.27. The predicted molar refractivity (Wildman–Crippen MR) is 88.3 cm³/mol. The zero-order valence-corrected chi connectivity index (χ0v) is 13.7. The molecule has 1 aromatic carbocycles. The maximum atomic E-state index is 11.5. The van der Waals surface area contributed by atoms with Gasteiger partial charge in [-0.1, -0.05) is 12.1 Å². The number of hydrogen-bond donors (Lipinski definition) is 1. The second-order valence-electron chi connectivity index (χ2n) is 5.16. The van der Waals surface area contributed by atoms with Gasteiger partial charge in [-0.05, 0) is 31.5 Å². The highest BCUT2D eigenvalue weighted by atomic mass is 32.1. The van der Waals surface area contributed by atoms with Crippen molar-refractivity contribution in [2.24, 2.45) is 0 Å². The van der Waals surface area contributed by atoms with Crippen molar-refractivity contribution in [3.63, 3.8) is 0 Å². The molecule has 2 heterocycles. The van der Waals surface area contributed by atoms with Gasteiger partial charge in [0.15, 0.2) is 0 Å². The lowest BCUT2D eigenvalue weighted by atomic mass is 10.1. The average Bonchev–Trinajstić information content (AvgIpc) is 2.94. The number of aryl methyl sites for hydroxylation is 1. The van der Waals surface area contributed by atoms with Crippen molar-refractivity contribution in [3.8, 4) is 10.6 Å². The quantitative estimate of drug-likeness (QED) is 0.744. The molecule has 2 aromatic heterocycles. The Balaban J connectivity index is 1.96. The summed E-state index contributed by atoms with van der Waals surface area (Å²) in [6.45, 7) is 4.11. The summed E-state index contributed by atoms with van der Waals surface area (Å²) in [6.07, 6.45) is 0.140. The minimum absolute atomic E-state index is 0.0696. The Hall–Kier alpha value is -2.47. The first-order valence-electron chi connectivity index (χ1n) is 7.26. The fraction of sp³-hybridized carbons (Fsp3) is 0.235. The summed E-state index contributed by atoms with van der Waals surface area (Å²) in [5, 5.41) is 11.5. The van der Waals surface area contributed by atoms with Crippen LogP contribution in [0.25, 0.3) is 21.5 Å². The number of benzene rings is 1. The highest BCUT2D eigenvalue weighted by Gasteiger charge is 2.12. The zero-order valence-electron chi connectivity index (χ0n) is 12.9. The van der Waals surface area contributed by atoms with Gasteiger partial charge in [0.1, 0.15) is 10.6 Å². The topological polar surface area (TPSA) is 76.2 Å². The molecule has 3 aromatic rings. The van der Waals surface area contributed by atoms with Crippen LogP contribution in [0.2, 0.25) is 0 Å². The van der Waals surface area contributed by atoms with E-state index in [-0.39, 0.29) is 17.9 Å². The summed E-state index contributed by atoms with van der Waals surface area (Å²) < 4.78 is 10.5. The van der Waals surface area contributed by atoms with Crippen molar-refractivity contribution in [1.29, 1.82) is 5.41 Å². The van der Waals surface area contributed by atoms with Crippen molar-refractivity contribution in [3.05, 3.63) is 46.5 Å². The molecule has 0 unspecified atom stereocenters. The molecule has 0 atom stereocenters. The summed E-state index contributed by atoms with van der Waals surface area (Å²) in [4.78, 5) is 15.9. The molecule has 0 aliphatic carbocycles. The Morgan fingerprint density at radius 2 is 2.22 bits per heavy atom. The van der Waals surface area contributed by atoms with Crippen LogP contribution in [0.3, 0.4) is 0 Å². The van der Waals surface area contributed by atoms with Crippen LogP contribution in [0.15, 0.2) is 34.1 Å². The van der Waals surface area contributed by atoms with E-state index in [1.54, 1.807) is 6.92 Å². The first-order valence-corrected chi connectivity index (χ1v) is 8.14. The normalized spacial score (nSPS) is 10.9. The van der Waals surface area contributed by atoms with Crippen LogP contribution in [0.4, 0.5) is 0 Å². The van der Waals surface area contributed by atoms with Crippen LogP contribution >= 0.6 is 11.3 Å². The van der Waals surface area contributed by atoms with Gasteiger partial charge in [-0.15, -0.1) is 11.3 Å². The summed E-state index contributed by atoms with van der Waals surface area (Å²) in [5.41, 5.74) is 3.11. The molecule has 0 spiro atoms. The Bertz CT molecular complexity index is 927. The summed E-state index contributed by atoms with van der Waals surface area (Å²) in [6, 6.07) is 7.77. The number of esters is 1. The molecule has 6 heteroatoms. The monoisotopic (exact) mass is 328 g/mol. The lowest BCUT2D eigenvalue weighted by Gasteiger charge is -2.02. The zero-order chi connectivity index (χ0) is 16.4. The number of carbonyl (C=O) groups is 1. The second-order valence-corrected chi connectivity index (χ2v) is 6.01. The van der Waals surface area contributed by atoms with Gasteiger partial charge in [0.05, 0.1) is 24.3 Å². The molecular weight excluding hydrogens is 312 g/mol. The highest BCUT2D eigenvalue weighted by Crippen LogP contribution is 2.25. The molecule has 0 fully saturated rings. The maximum Gasteiger partial charge on any atom is 0.311 e. The minimum Gasteiger partial charge on any atom is -0.466 e. The van der Waals surface area contributed by atoms with E-state index in [9.17, 15) is 4.79 Å². The largest absolute Gasteiger partial charge is 0.466 e. The van der Waals surface area contributed by atoms with Gasteiger partial charge < -0.3 is 9.15 Å². The number of carbonyl (C=O) groups excluding carboxylic acids is 1. The van der Waals surface area contributed by atoms with Gasteiger partial charge >= 0.3 is 5.97 Å². The van der Waals surface area contributed by atoms with Crippen LogP contribution in [-0.4, -0.2) is 17.6 Å². The second kappa shape index (κ2) is 6.34. The van der Waals surface area contributed by atoms with Crippen LogP contribution in [0.1, 0.15) is 18.2 Å². The number of hydrogen-bond acceptors (Lipinski definition) is 6. The smallest absolute Gasteiger partial charge is 0.311 e. The fourth-order valence-corrected chi connectivity index (χ4v) is 3.10. The summed E-state index contributed by atoms with van der Waals surface area (Å²) >= 11 is 1.39. The minimum atomic E-state index is -0.297. The SMILES string of the molecule is CCOC(=O)Cc1csc(-c2cc3ccc(C)cc3oc2=N)n1. The molecular formula is C17H16N2O3S. The van der Waals surface area contributed by atoms with E-state index in [1.165, 1.54) is 11.3 Å². The van der Waals surface area contributed by atoms with Gasteiger partial charge in [0.2, 0.25) is 5.55 Å². The van der Waals surface area contributed by atoms with Crippen molar-refractivity contribution in [2.45, 2.75) is 20.3 Å². The number of aromatic nitrogens is 1. The van der Waals surface area contributed by atoms with Crippen molar-refractivity contribution in [2.75, 3.05) is 6.61 Å². The number of ether oxygens (including phenoxy) is 1. The molecule has 0 saturated heterocycles. The third-order valence-corrected chi connectivity index (χ3v) is 4.26. The highest BCUT2D eigenvalue weighted by molar-refractivity contribution is 7.13. The van der Waals surface area contributed by atoms with Crippen LogP contribution in [0, 0.1) is 12.3 Å². The molecule has 0 radical (unpaired) electrons. The van der Waals surface area contributed by atoms with E-state index in [4.69, 9.17) is 14.6 Å². The van der Waals surface area contributed by atoms with Gasteiger partial charge in [0, 0.05) is 10.8 Å². The third kappa shape index (κ3) is 3.32. The maximum absolute atomic E-state index is 11.5. The lowest BCUT2D eigenvalue weighted by molar-refractivity contribution is -0.142. The first-order chi connectivity index (χ1) is 11.1. The van der Waals surface area contributed by atoms with E-state index in [0.29, 0.717) is 28.5 Å². The van der Waals surface area contributed by atoms with Crippen molar-refractivity contribution < 1.29 is 13.9 Å². The van der Waals surface area contributed by atoms with Gasteiger partial charge in [-0.25, -0.2) is 4.98 Å². The molecule has 23 heavy (non-hydrogen) atoms. The Labute approximate surface area is 137 Å². The molecule has 1 N–H and O–H groups in total. The van der Waals surface area contributed by atoms with Crippen LogP contribution < -0.4 is 5.55 Å². The Kier molecular flexibility index (Phi) is 4.25. The average molecular weight is 328 g/mol. The van der Waals surface area contributed by atoms with E-state index in [1.807, 2.05) is 36.6 Å². The predicted octanol–water partition coefficient (Wildman–Crippen LogP) is 3.45. The van der Waals surface area contributed by atoms with Crippen LogP contribution in [0.5, 0.6) is 0 Å². The molecule has 5 nitrogen and oxygen atoms in total. The molecule has 118 valence electrons. The lowest BCUT2D eigenvalue weighted by Crippen LogP contribution is -2.08. The van der Waals surface area contributed by atoms with Crippen molar-refractivity contribution >= 4 is 28.3 Å². The van der Waals surface area contributed by atoms with E-state index in [0.717, 1.165) is 10.9 Å². The number of nitrogens with one attached hydrogen (secondary N) is 1. The van der Waals surface area contributed by atoms with E-state index in [2.05, 4.69) is 4.98 Å². The number of fused-ring (bicyclic) bond motifs is 1. The third-order valence-electron chi connectivity index (χ3n) is 3.34. The van der Waals surface area contributed by atoms with Crippen molar-refractivity contribution in [1.82, 2.24) is 4.98 Å². The van der Waals surface area contributed by atoms with Gasteiger partial charge in [-0.3, -0.25) is 10.2 Å². The molecule has 0 aliphatic heterocycles. The number of nitrogens with zero attached hydrogens (tertiary/aromatic N) is 1.